The van der Waals surface area contributed by atoms with E-state index < -0.39 is 4.92 Å². The second-order valence-corrected chi connectivity index (χ2v) is 5.52. The van der Waals surface area contributed by atoms with Crippen LogP contribution >= 0.6 is 0 Å². The van der Waals surface area contributed by atoms with Crippen LogP contribution in [0, 0.1) is 16.0 Å². The van der Waals surface area contributed by atoms with Gasteiger partial charge in [0.15, 0.2) is 0 Å². The standard InChI is InChI=1S/C17H20N2O5/c1-2-24-17(21)14-7-5-11-18(12-14)16(20)10-9-13-6-3-4-8-15(13)19(22)23/h3-4,6,8-10,14H,2,5,7,11-12H2,1H3/b10-9+/t14-/m1/s1. The Kier molecular flexibility index (Phi) is 6.06. The number of hydrogen-bond acceptors (Lipinski definition) is 5. The van der Waals surface area contributed by atoms with Crippen LogP contribution < -0.4 is 0 Å². The van der Waals surface area contributed by atoms with Crippen molar-refractivity contribution < 1.29 is 19.2 Å². The maximum Gasteiger partial charge on any atom is 0.310 e. The lowest BCUT2D eigenvalue weighted by atomic mass is 9.98. The molecule has 1 amide bonds. The van der Waals surface area contributed by atoms with Crippen LogP contribution in [-0.2, 0) is 14.3 Å². The molecule has 128 valence electrons. The third kappa shape index (κ3) is 4.41. The highest BCUT2D eigenvalue weighted by atomic mass is 16.6. The second-order valence-electron chi connectivity index (χ2n) is 5.52. The van der Waals surface area contributed by atoms with Gasteiger partial charge in [0.2, 0.25) is 5.91 Å². The van der Waals surface area contributed by atoms with E-state index in [-0.39, 0.29) is 23.5 Å². The van der Waals surface area contributed by atoms with Gasteiger partial charge in [-0.1, -0.05) is 12.1 Å². The molecule has 1 aliphatic heterocycles. The van der Waals surface area contributed by atoms with Gasteiger partial charge in [0.25, 0.3) is 5.69 Å². The number of nitro benzene ring substituents is 1. The zero-order valence-electron chi connectivity index (χ0n) is 13.5. The van der Waals surface area contributed by atoms with Gasteiger partial charge in [0.05, 0.1) is 23.0 Å². The number of nitro groups is 1. The number of nitrogens with zero attached hydrogens (tertiary/aromatic N) is 2. The summed E-state index contributed by atoms with van der Waals surface area (Å²) in [6.45, 7) is 2.95. The number of esters is 1. The summed E-state index contributed by atoms with van der Waals surface area (Å²) in [6, 6.07) is 6.22. The molecule has 1 fully saturated rings. The van der Waals surface area contributed by atoms with Gasteiger partial charge >= 0.3 is 5.97 Å². The van der Waals surface area contributed by atoms with Crippen molar-refractivity contribution in [3.63, 3.8) is 0 Å². The summed E-state index contributed by atoms with van der Waals surface area (Å²) >= 11 is 0. The molecule has 0 unspecified atom stereocenters. The first kappa shape index (κ1) is 17.7. The highest BCUT2D eigenvalue weighted by Crippen LogP contribution is 2.21. The fourth-order valence-corrected chi connectivity index (χ4v) is 2.69. The summed E-state index contributed by atoms with van der Waals surface area (Å²) in [7, 11) is 0. The minimum atomic E-state index is -0.484. The Morgan fingerprint density at radius 2 is 2.17 bits per heavy atom. The number of rotatable bonds is 5. The zero-order chi connectivity index (χ0) is 17.5. The minimum Gasteiger partial charge on any atom is -0.466 e. The highest BCUT2D eigenvalue weighted by molar-refractivity contribution is 5.92. The topological polar surface area (TPSA) is 89.8 Å². The number of ether oxygens (including phenoxy) is 1. The van der Waals surface area contributed by atoms with Gasteiger partial charge < -0.3 is 9.64 Å². The van der Waals surface area contributed by atoms with E-state index in [1.54, 1.807) is 30.0 Å². The average Bonchev–Trinajstić information content (AvgIpc) is 2.60. The molecule has 1 heterocycles. The molecule has 1 atom stereocenters. The van der Waals surface area contributed by atoms with Crippen LogP contribution in [0.1, 0.15) is 25.3 Å². The van der Waals surface area contributed by atoms with E-state index in [2.05, 4.69) is 0 Å². The van der Waals surface area contributed by atoms with Crippen molar-refractivity contribution in [2.45, 2.75) is 19.8 Å². The van der Waals surface area contributed by atoms with Crippen LogP contribution in [0.4, 0.5) is 5.69 Å². The van der Waals surface area contributed by atoms with E-state index in [9.17, 15) is 19.7 Å². The Morgan fingerprint density at radius 1 is 1.42 bits per heavy atom. The van der Waals surface area contributed by atoms with Gasteiger partial charge in [-0.25, -0.2) is 0 Å². The molecule has 1 saturated heterocycles. The molecule has 1 aromatic carbocycles. The lowest BCUT2D eigenvalue weighted by Crippen LogP contribution is -2.42. The molecule has 7 heteroatoms. The summed E-state index contributed by atoms with van der Waals surface area (Å²) in [5, 5.41) is 11.0. The molecule has 0 radical (unpaired) electrons. The molecular weight excluding hydrogens is 312 g/mol. The number of carbonyl (C=O) groups is 2. The maximum atomic E-state index is 12.3. The van der Waals surface area contributed by atoms with E-state index in [0.717, 1.165) is 6.42 Å². The molecule has 0 N–H and O–H groups in total. The SMILES string of the molecule is CCOC(=O)[C@@H]1CCCN(C(=O)/C=C/c2ccccc2[N+](=O)[O-])C1. The Labute approximate surface area is 140 Å². The van der Waals surface area contributed by atoms with Crippen molar-refractivity contribution in [1.82, 2.24) is 4.90 Å². The molecular formula is C17H20N2O5. The van der Waals surface area contributed by atoms with Crippen molar-refractivity contribution in [2.75, 3.05) is 19.7 Å². The molecule has 0 bridgehead atoms. The highest BCUT2D eigenvalue weighted by Gasteiger charge is 2.28. The average molecular weight is 332 g/mol. The smallest absolute Gasteiger partial charge is 0.310 e. The number of amides is 1. The summed E-state index contributed by atoms with van der Waals surface area (Å²) in [5.41, 5.74) is 0.319. The van der Waals surface area contributed by atoms with E-state index in [1.807, 2.05) is 0 Å². The molecule has 7 nitrogen and oxygen atoms in total. The quantitative estimate of drug-likeness (QED) is 0.357. The number of likely N-dealkylation sites (tertiary alicyclic amines) is 1. The Balaban J connectivity index is 2.04. The van der Waals surface area contributed by atoms with Gasteiger partial charge in [-0.15, -0.1) is 0 Å². The van der Waals surface area contributed by atoms with Crippen molar-refractivity contribution in [3.05, 3.63) is 46.0 Å². The van der Waals surface area contributed by atoms with Gasteiger partial charge in [-0.2, -0.15) is 0 Å². The number of benzene rings is 1. The van der Waals surface area contributed by atoms with Crippen LogP contribution in [0.2, 0.25) is 0 Å². The first-order chi connectivity index (χ1) is 11.5. The van der Waals surface area contributed by atoms with Crippen LogP contribution in [0.15, 0.2) is 30.3 Å². The molecule has 0 aliphatic carbocycles. The third-order valence-corrected chi connectivity index (χ3v) is 3.89. The lowest BCUT2D eigenvalue weighted by Gasteiger charge is -2.30. The fourth-order valence-electron chi connectivity index (χ4n) is 2.69. The van der Waals surface area contributed by atoms with Crippen LogP contribution in [0.25, 0.3) is 6.08 Å². The summed E-state index contributed by atoms with van der Waals surface area (Å²) in [4.78, 5) is 36.2. The zero-order valence-corrected chi connectivity index (χ0v) is 13.5. The predicted octanol–water partition coefficient (Wildman–Crippen LogP) is 2.41. The van der Waals surface area contributed by atoms with Gasteiger partial charge in [-0.3, -0.25) is 19.7 Å². The normalized spacial score (nSPS) is 17.7. The van der Waals surface area contributed by atoms with E-state index in [4.69, 9.17) is 4.74 Å². The molecule has 1 aliphatic rings. The van der Waals surface area contributed by atoms with Crippen LogP contribution in [-0.4, -0.2) is 41.4 Å². The van der Waals surface area contributed by atoms with Crippen molar-refractivity contribution in [1.29, 1.82) is 0 Å². The summed E-state index contributed by atoms with van der Waals surface area (Å²) in [5.74, 6) is -0.845. The molecule has 0 aromatic heterocycles. The number of carbonyl (C=O) groups excluding carboxylic acids is 2. The fraction of sp³-hybridized carbons (Fsp3) is 0.412. The Morgan fingerprint density at radius 3 is 2.88 bits per heavy atom. The first-order valence-corrected chi connectivity index (χ1v) is 7.90. The number of para-hydroxylation sites is 1. The van der Waals surface area contributed by atoms with E-state index in [1.165, 1.54) is 18.2 Å². The molecule has 2 rings (SSSR count). The molecule has 0 saturated carbocycles. The maximum absolute atomic E-state index is 12.3. The van der Waals surface area contributed by atoms with Crippen LogP contribution in [0.3, 0.4) is 0 Å². The largest absolute Gasteiger partial charge is 0.466 e. The molecule has 24 heavy (non-hydrogen) atoms. The monoisotopic (exact) mass is 332 g/mol. The van der Waals surface area contributed by atoms with Gasteiger partial charge in [-0.05, 0) is 31.9 Å². The summed E-state index contributed by atoms with van der Waals surface area (Å²) in [6.07, 6.45) is 4.19. The van der Waals surface area contributed by atoms with Crippen LogP contribution in [0.5, 0.6) is 0 Å². The molecule has 0 spiro atoms. The minimum absolute atomic E-state index is 0.0513. The van der Waals surface area contributed by atoms with Crippen molar-refractivity contribution >= 4 is 23.6 Å². The van der Waals surface area contributed by atoms with Gasteiger partial charge in [0.1, 0.15) is 0 Å². The summed E-state index contributed by atoms with van der Waals surface area (Å²) < 4.78 is 5.01. The van der Waals surface area contributed by atoms with Crippen molar-refractivity contribution in [2.24, 2.45) is 5.92 Å². The predicted molar refractivity (Wildman–Crippen MR) is 88.1 cm³/mol. The second kappa shape index (κ2) is 8.24. The van der Waals surface area contributed by atoms with Crippen molar-refractivity contribution in [3.8, 4) is 0 Å². The number of hydrogen-bond donors (Lipinski definition) is 0. The Hall–Kier alpha value is -2.70. The Bertz CT molecular complexity index is 656. The van der Waals surface area contributed by atoms with Gasteiger partial charge in [0, 0.05) is 25.2 Å². The number of piperidine rings is 1. The first-order valence-electron chi connectivity index (χ1n) is 7.90. The molecule has 1 aromatic rings. The van der Waals surface area contributed by atoms with E-state index in [0.29, 0.717) is 31.7 Å². The third-order valence-electron chi connectivity index (χ3n) is 3.89. The van der Waals surface area contributed by atoms with E-state index >= 15 is 0 Å². The lowest BCUT2D eigenvalue weighted by molar-refractivity contribution is -0.385.